The average molecular weight is 247 g/mol. The van der Waals surface area contributed by atoms with Gasteiger partial charge in [0.2, 0.25) is 0 Å². The molecule has 0 spiro atoms. The Hall–Kier alpha value is -1.18. The predicted octanol–water partition coefficient (Wildman–Crippen LogP) is 4.11. The number of nitrogens with two attached hydrogens (primary N) is 1. The molecule has 2 heteroatoms. The number of hydrogen-bond acceptors (Lipinski definition) is 2. The molecule has 1 aliphatic rings. The van der Waals surface area contributed by atoms with Gasteiger partial charge < -0.3 is 10.5 Å². The van der Waals surface area contributed by atoms with E-state index in [9.17, 15) is 0 Å². The Morgan fingerprint density at radius 2 is 1.83 bits per heavy atom. The van der Waals surface area contributed by atoms with Crippen LogP contribution in [0.5, 0.6) is 5.75 Å². The van der Waals surface area contributed by atoms with Crippen molar-refractivity contribution in [1.29, 1.82) is 0 Å². The van der Waals surface area contributed by atoms with Crippen LogP contribution in [0.25, 0.3) is 0 Å². The normalized spacial score (nSPS) is 28.3. The highest BCUT2D eigenvalue weighted by Gasteiger charge is 2.32. The van der Waals surface area contributed by atoms with Gasteiger partial charge in [-0.3, -0.25) is 0 Å². The summed E-state index contributed by atoms with van der Waals surface area (Å²) in [7, 11) is 0. The van der Waals surface area contributed by atoms with Crippen LogP contribution >= 0.6 is 0 Å². The molecule has 0 radical (unpaired) electrons. The zero-order chi connectivity index (χ0) is 13.1. The van der Waals surface area contributed by atoms with E-state index in [1.165, 1.54) is 19.3 Å². The minimum atomic E-state index is 0.359. The molecule has 2 rings (SSSR count). The second kappa shape index (κ2) is 5.64. The molecule has 2 N–H and O–H groups in total. The van der Waals surface area contributed by atoms with Crippen LogP contribution in [0.15, 0.2) is 24.3 Å². The number of nitrogen functional groups attached to an aromatic ring is 1. The van der Waals surface area contributed by atoms with Crippen molar-refractivity contribution in [2.24, 2.45) is 17.8 Å². The summed E-state index contributed by atoms with van der Waals surface area (Å²) in [4.78, 5) is 0. The molecule has 1 fully saturated rings. The molecule has 0 aliphatic heterocycles. The molecule has 2 nitrogen and oxygen atoms in total. The quantitative estimate of drug-likeness (QED) is 0.816. The van der Waals surface area contributed by atoms with Crippen LogP contribution in [-0.2, 0) is 0 Å². The van der Waals surface area contributed by atoms with Gasteiger partial charge in [0.25, 0.3) is 0 Å². The first-order chi connectivity index (χ1) is 8.56. The molecule has 1 aliphatic carbocycles. The van der Waals surface area contributed by atoms with Crippen molar-refractivity contribution >= 4 is 5.69 Å². The molecule has 0 heterocycles. The van der Waals surface area contributed by atoms with Crippen LogP contribution in [0.1, 0.15) is 40.0 Å². The number of hydrogen-bond donors (Lipinski definition) is 1. The summed E-state index contributed by atoms with van der Waals surface area (Å²) in [6.45, 7) is 6.94. The van der Waals surface area contributed by atoms with Crippen molar-refractivity contribution in [3.05, 3.63) is 24.3 Å². The van der Waals surface area contributed by atoms with Crippen molar-refractivity contribution in [3.63, 3.8) is 0 Å². The Balaban J connectivity index is 2.06. The SMILES string of the molecule is CC1CCC(C(C)C)C(Oc2ccc(N)cc2)C1. The molecule has 100 valence electrons. The number of ether oxygens (including phenoxy) is 1. The van der Waals surface area contributed by atoms with Crippen LogP contribution in [0.2, 0.25) is 0 Å². The lowest BCUT2D eigenvalue weighted by atomic mass is 9.75. The third-order valence-electron chi connectivity index (χ3n) is 4.13. The van der Waals surface area contributed by atoms with Crippen molar-refractivity contribution in [2.75, 3.05) is 5.73 Å². The first-order valence-corrected chi connectivity index (χ1v) is 7.08. The highest BCUT2D eigenvalue weighted by atomic mass is 16.5. The number of rotatable bonds is 3. The van der Waals surface area contributed by atoms with E-state index in [0.717, 1.165) is 17.4 Å². The smallest absolute Gasteiger partial charge is 0.119 e. The van der Waals surface area contributed by atoms with Crippen LogP contribution in [0, 0.1) is 17.8 Å². The highest BCUT2D eigenvalue weighted by Crippen LogP contribution is 2.36. The molecule has 0 amide bonds. The molecular formula is C16H25NO. The van der Waals surface area contributed by atoms with E-state index in [1.807, 2.05) is 24.3 Å². The Kier molecular flexibility index (Phi) is 4.15. The van der Waals surface area contributed by atoms with Gasteiger partial charge in [0.15, 0.2) is 0 Å². The second-order valence-electron chi connectivity index (χ2n) is 6.05. The lowest BCUT2D eigenvalue weighted by Crippen LogP contribution is -2.36. The Morgan fingerprint density at radius 1 is 1.17 bits per heavy atom. The summed E-state index contributed by atoms with van der Waals surface area (Å²) in [5.41, 5.74) is 6.49. The zero-order valence-corrected chi connectivity index (χ0v) is 11.7. The van der Waals surface area contributed by atoms with Crippen LogP contribution in [0.4, 0.5) is 5.69 Å². The van der Waals surface area contributed by atoms with E-state index in [0.29, 0.717) is 17.9 Å². The first-order valence-electron chi connectivity index (χ1n) is 7.08. The van der Waals surface area contributed by atoms with Gasteiger partial charge in [0, 0.05) is 5.69 Å². The van der Waals surface area contributed by atoms with Gasteiger partial charge in [-0.15, -0.1) is 0 Å². The Morgan fingerprint density at radius 3 is 2.44 bits per heavy atom. The second-order valence-corrected chi connectivity index (χ2v) is 6.05. The summed E-state index contributed by atoms with van der Waals surface area (Å²) >= 11 is 0. The Labute approximate surface area is 111 Å². The third-order valence-corrected chi connectivity index (χ3v) is 4.13. The van der Waals surface area contributed by atoms with Gasteiger partial charge in [0.05, 0.1) is 0 Å². The van der Waals surface area contributed by atoms with E-state index in [4.69, 9.17) is 10.5 Å². The van der Waals surface area contributed by atoms with Crippen LogP contribution in [-0.4, -0.2) is 6.10 Å². The number of anilines is 1. The summed E-state index contributed by atoms with van der Waals surface area (Å²) in [5.74, 6) is 3.10. The fourth-order valence-corrected chi connectivity index (χ4v) is 2.97. The average Bonchev–Trinajstić information content (AvgIpc) is 2.32. The van der Waals surface area contributed by atoms with Crippen LogP contribution in [0.3, 0.4) is 0 Å². The molecule has 1 saturated carbocycles. The largest absolute Gasteiger partial charge is 0.490 e. The molecule has 0 saturated heterocycles. The maximum atomic E-state index is 6.20. The minimum absolute atomic E-state index is 0.359. The fraction of sp³-hybridized carbons (Fsp3) is 0.625. The first kappa shape index (κ1) is 13.3. The van der Waals surface area contributed by atoms with Crippen molar-refractivity contribution < 1.29 is 4.74 Å². The van der Waals surface area contributed by atoms with Gasteiger partial charge in [0.1, 0.15) is 11.9 Å². The maximum Gasteiger partial charge on any atom is 0.119 e. The summed E-state index contributed by atoms with van der Waals surface area (Å²) < 4.78 is 6.20. The van der Waals surface area contributed by atoms with Gasteiger partial charge in [-0.2, -0.15) is 0 Å². The third kappa shape index (κ3) is 3.18. The van der Waals surface area contributed by atoms with E-state index < -0.39 is 0 Å². The molecule has 0 bridgehead atoms. The molecular weight excluding hydrogens is 222 g/mol. The molecule has 0 aromatic heterocycles. The lowest BCUT2D eigenvalue weighted by molar-refractivity contribution is 0.0460. The summed E-state index contributed by atoms with van der Waals surface area (Å²) in [6.07, 6.45) is 4.16. The van der Waals surface area contributed by atoms with E-state index >= 15 is 0 Å². The van der Waals surface area contributed by atoms with E-state index in [1.54, 1.807) is 0 Å². The van der Waals surface area contributed by atoms with Crippen molar-refractivity contribution in [3.8, 4) is 5.75 Å². The standard InChI is InChI=1S/C16H25NO/c1-11(2)15-9-4-12(3)10-16(15)18-14-7-5-13(17)6-8-14/h5-8,11-12,15-16H,4,9-10,17H2,1-3H3. The van der Waals surface area contributed by atoms with Gasteiger partial charge in [-0.1, -0.05) is 27.2 Å². The van der Waals surface area contributed by atoms with Gasteiger partial charge in [-0.05, 0) is 54.9 Å². The lowest BCUT2D eigenvalue weighted by Gasteiger charge is -2.37. The molecule has 18 heavy (non-hydrogen) atoms. The zero-order valence-electron chi connectivity index (χ0n) is 11.7. The van der Waals surface area contributed by atoms with Crippen LogP contribution < -0.4 is 10.5 Å². The predicted molar refractivity (Wildman–Crippen MR) is 76.6 cm³/mol. The highest BCUT2D eigenvalue weighted by molar-refractivity contribution is 5.41. The maximum absolute atomic E-state index is 6.20. The monoisotopic (exact) mass is 247 g/mol. The van der Waals surface area contributed by atoms with E-state index in [-0.39, 0.29) is 0 Å². The van der Waals surface area contributed by atoms with Gasteiger partial charge >= 0.3 is 0 Å². The van der Waals surface area contributed by atoms with E-state index in [2.05, 4.69) is 20.8 Å². The van der Waals surface area contributed by atoms with Crippen molar-refractivity contribution in [2.45, 2.75) is 46.1 Å². The number of benzene rings is 1. The molecule has 3 atom stereocenters. The minimum Gasteiger partial charge on any atom is -0.490 e. The summed E-state index contributed by atoms with van der Waals surface area (Å²) in [5, 5.41) is 0. The van der Waals surface area contributed by atoms with Gasteiger partial charge in [-0.25, -0.2) is 0 Å². The Bertz CT molecular complexity index is 371. The fourth-order valence-electron chi connectivity index (χ4n) is 2.97. The molecule has 3 unspecified atom stereocenters. The molecule has 1 aromatic rings. The molecule has 1 aromatic carbocycles. The van der Waals surface area contributed by atoms with Crippen molar-refractivity contribution in [1.82, 2.24) is 0 Å². The topological polar surface area (TPSA) is 35.2 Å². The summed E-state index contributed by atoms with van der Waals surface area (Å²) in [6, 6.07) is 7.77.